The Balaban J connectivity index is 1.85. The average Bonchev–Trinajstić information content (AvgIpc) is 2.99. The lowest BCUT2D eigenvalue weighted by Gasteiger charge is -2.08. The highest BCUT2D eigenvalue weighted by Crippen LogP contribution is 2.40. The first-order valence-corrected chi connectivity index (χ1v) is 8.21. The van der Waals surface area contributed by atoms with Crippen LogP contribution in [0.25, 0.3) is 10.1 Å². The summed E-state index contributed by atoms with van der Waals surface area (Å²) >= 11 is 7.78. The molecule has 0 amide bonds. The molecule has 23 heavy (non-hydrogen) atoms. The van der Waals surface area contributed by atoms with E-state index in [9.17, 15) is 4.79 Å². The molecule has 2 heterocycles. The van der Waals surface area contributed by atoms with Gasteiger partial charge in [-0.3, -0.25) is 9.48 Å². The monoisotopic (exact) mass is 350 g/mol. The van der Waals surface area contributed by atoms with Gasteiger partial charge in [-0.2, -0.15) is 5.10 Å². The minimum absolute atomic E-state index is 0.368. The molecule has 0 N–H and O–H groups in total. The first kappa shape index (κ1) is 15.8. The van der Waals surface area contributed by atoms with Gasteiger partial charge in [-0.1, -0.05) is 11.6 Å². The molecule has 7 heteroatoms. The van der Waals surface area contributed by atoms with Crippen molar-refractivity contribution in [1.82, 2.24) is 9.78 Å². The molecule has 0 atom stereocenters. The molecule has 3 aromatic rings. The van der Waals surface area contributed by atoms with Gasteiger partial charge in [0, 0.05) is 24.1 Å². The number of thiophene rings is 1. The van der Waals surface area contributed by atoms with Gasteiger partial charge in [-0.05, 0) is 25.1 Å². The van der Waals surface area contributed by atoms with E-state index in [0.29, 0.717) is 23.1 Å². The van der Waals surface area contributed by atoms with Gasteiger partial charge in [-0.15, -0.1) is 11.3 Å². The fraction of sp³-hybridized carbons (Fsp3) is 0.250. The Morgan fingerprint density at radius 1 is 1.39 bits per heavy atom. The Kier molecular flexibility index (Phi) is 4.28. The van der Waals surface area contributed by atoms with Crippen molar-refractivity contribution in [3.63, 3.8) is 0 Å². The van der Waals surface area contributed by atoms with E-state index in [4.69, 9.17) is 21.1 Å². The van der Waals surface area contributed by atoms with Crippen LogP contribution in [0.5, 0.6) is 11.5 Å². The lowest BCUT2D eigenvalue weighted by molar-refractivity contribution is -0.131. The van der Waals surface area contributed by atoms with Crippen LogP contribution >= 0.6 is 22.9 Å². The molecule has 3 rings (SSSR count). The van der Waals surface area contributed by atoms with Crippen LogP contribution in [0.15, 0.2) is 23.6 Å². The number of carbonyl (C=O) groups is 1. The SMILES string of the molecule is CC(=O)Oc1csc2cc(OCc3cc(C)nn3C)cc(Cl)c12. The van der Waals surface area contributed by atoms with Gasteiger partial charge >= 0.3 is 5.97 Å². The molecule has 120 valence electrons. The minimum Gasteiger partial charge on any atom is -0.487 e. The number of esters is 1. The summed E-state index contributed by atoms with van der Waals surface area (Å²) in [6, 6.07) is 5.60. The van der Waals surface area contributed by atoms with Crippen molar-refractivity contribution in [3.05, 3.63) is 40.0 Å². The third-order valence-corrected chi connectivity index (χ3v) is 4.51. The van der Waals surface area contributed by atoms with Crippen LogP contribution in [0.1, 0.15) is 18.3 Å². The number of rotatable bonds is 4. The number of benzene rings is 1. The van der Waals surface area contributed by atoms with Crippen molar-refractivity contribution >= 4 is 39.0 Å². The summed E-state index contributed by atoms with van der Waals surface area (Å²) in [4.78, 5) is 11.1. The van der Waals surface area contributed by atoms with Crippen molar-refractivity contribution in [3.8, 4) is 11.5 Å². The lowest BCUT2D eigenvalue weighted by Crippen LogP contribution is -2.03. The molecular weight excluding hydrogens is 336 g/mol. The van der Waals surface area contributed by atoms with E-state index in [1.54, 1.807) is 16.1 Å². The quantitative estimate of drug-likeness (QED) is 0.665. The van der Waals surface area contributed by atoms with Crippen molar-refractivity contribution in [2.24, 2.45) is 7.05 Å². The fourth-order valence-electron chi connectivity index (χ4n) is 2.34. The molecule has 0 saturated carbocycles. The number of fused-ring (bicyclic) bond motifs is 1. The largest absolute Gasteiger partial charge is 0.487 e. The van der Waals surface area contributed by atoms with E-state index in [1.165, 1.54) is 18.3 Å². The van der Waals surface area contributed by atoms with E-state index >= 15 is 0 Å². The Labute approximate surface area is 142 Å². The minimum atomic E-state index is -0.368. The number of ether oxygens (including phenoxy) is 2. The highest BCUT2D eigenvalue weighted by Gasteiger charge is 2.13. The topological polar surface area (TPSA) is 53.4 Å². The second kappa shape index (κ2) is 6.22. The second-order valence-corrected chi connectivity index (χ2v) is 6.48. The normalized spacial score (nSPS) is 11.0. The van der Waals surface area contributed by atoms with E-state index in [1.807, 2.05) is 26.1 Å². The number of nitrogens with zero attached hydrogens (tertiary/aromatic N) is 2. The maximum atomic E-state index is 11.1. The average molecular weight is 351 g/mol. The number of halogens is 1. The van der Waals surface area contributed by atoms with Gasteiger partial charge in [0.15, 0.2) is 5.75 Å². The van der Waals surface area contributed by atoms with Crippen LogP contribution in [0.3, 0.4) is 0 Å². The molecule has 0 unspecified atom stereocenters. The van der Waals surface area contributed by atoms with E-state index in [2.05, 4.69) is 5.10 Å². The van der Waals surface area contributed by atoms with Crippen LogP contribution in [-0.4, -0.2) is 15.7 Å². The predicted molar refractivity (Wildman–Crippen MR) is 90.4 cm³/mol. The second-order valence-electron chi connectivity index (χ2n) is 5.16. The summed E-state index contributed by atoms with van der Waals surface area (Å²) in [6.07, 6.45) is 0. The molecule has 0 fully saturated rings. The van der Waals surface area contributed by atoms with Crippen molar-refractivity contribution in [2.75, 3.05) is 0 Å². The van der Waals surface area contributed by atoms with Gasteiger partial charge in [0.25, 0.3) is 0 Å². The summed E-state index contributed by atoms with van der Waals surface area (Å²) in [5, 5.41) is 7.28. The molecule has 0 saturated heterocycles. The van der Waals surface area contributed by atoms with E-state index in [0.717, 1.165) is 21.5 Å². The number of hydrogen-bond acceptors (Lipinski definition) is 5. The maximum absolute atomic E-state index is 11.1. The smallest absolute Gasteiger partial charge is 0.308 e. The third kappa shape index (κ3) is 3.33. The van der Waals surface area contributed by atoms with E-state index in [-0.39, 0.29) is 5.97 Å². The molecule has 0 spiro atoms. The van der Waals surface area contributed by atoms with Gasteiger partial charge in [0.05, 0.1) is 21.8 Å². The van der Waals surface area contributed by atoms with Crippen molar-refractivity contribution in [2.45, 2.75) is 20.5 Å². The number of aryl methyl sites for hydroxylation is 2. The summed E-state index contributed by atoms with van der Waals surface area (Å²) < 4.78 is 13.7. The zero-order valence-electron chi connectivity index (χ0n) is 12.9. The molecule has 0 radical (unpaired) electrons. The Morgan fingerprint density at radius 3 is 2.83 bits per heavy atom. The highest BCUT2D eigenvalue weighted by molar-refractivity contribution is 7.17. The zero-order valence-corrected chi connectivity index (χ0v) is 14.5. The molecule has 0 aliphatic carbocycles. The van der Waals surface area contributed by atoms with Gasteiger partial charge in [0.2, 0.25) is 0 Å². The van der Waals surface area contributed by atoms with Crippen LogP contribution in [0.4, 0.5) is 0 Å². The molecule has 0 bridgehead atoms. The highest BCUT2D eigenvalue weighted by atomic mass is 35.5. The number of hydrogen-bond donors (Lipinski definition) is 0. The molecule has 0 aliphatic heterocycles. The molecule has 2 aromatic heterocycles. The van der Waals surface area contributed by atoms with Gasteiger partial charge in [-0.25, -0.2) is 0 Å². The summed E-state index contributed by atoms with van der Waals surface area (Å²) in [5.74, 6) is 0.779. The van der Waals surface area contributed by atoms with Gasteiger partial charge < -0.3 is 9.47 Å². The summed E-state index contributed by atoms with van der Waals surface area (Å²) in [7, 11) is 1.88. The Morgan fingerprint density at radius 2 is 2.17 bits per heavy atom. The van der Waals surface area contributed by atoms with Gasteiger partial charge in [0.1, 0.15) is 12.4 Å². The van der Waals surface area contributed by atoms with E-state index < -0.39 is 0 Å². The number of carbonyl (C=O) groups excluding carboxylic acids is 1. The Bertz CT molecular complexity index is 885. The molecular formula is C16H15ClN2O3S. The van der Waals surface area contributed by atoms with Crippen LogP contribution in [0.2, 0.25) is 5.02 Å². The molecule has 1 aromatic carbocycles. The Hall–Kier alpha value is -2.05. The first-order chi connectivity index (χ1) is 10.9. The summed E-state index contributed by atoms with van der Waals surface area (Å²) in [6.45, 7) is 3.71. The lowest BCUT2D eigenvalue weighted by atomic mass is 10.2. The predicted octanol–water partition coefficient (Wildman–Crippen LogP) is 4.10. The molecule has 5 nitrogen and oxygen atoms in total. The maximum Gasteiger partial charge on any atom is 0.308 e. The summed E-state index contributed by atoms with van der Waals surface area (Å²) in [5.41, 5.74) is 1.93. The third-order valence-electron chi connectivity index (χ3n) is 3.31. The van der Waals surface area contributed by atoms with Crippen molar-refractivity contribution in [1.29, 1.82) is 0 Å². The standard InChI is InChI=1S/C16H15ClN2O3S/c1-9-4-11(19(3)18-9)7-21-12-5-13(17)16-14(22-10(2)20)8-23-15(16)6-12/h4-6,8H,7H2,1-3H3. The first-order valence-electron chi connectivity index (χ1n) is 6.95. The van der Waals surface area contributed by atoms with Crippen molar-refractivity contribution < 1.29 is 14.3 Å². The number of aromatic nitrogens is 2. The van der Waals surface area contributed by atoms with Crippen LogP contribution in [-0.2, 0) is 18.4 Å². The zero-order chi connectivity index (χ0) is 16.6. The van der Waals surface area contributed by atoms with Crippen LogP contribution in [0, 0.1) is 6.92 Å². The fourth-order valence-corrected chi connectivity index (χ4v) is 3.61. The van der Waals surface area contributed by atoms with Crippen LogP contribution < -0.4 is 9.47 Å². The molecule has 0 aliphatic rings.